The van der Waals surface area contributed by atoms with E-state index in [1.807, 2.05) is 13.8 Å². The monoisotopic (exact) mass is 413 g/mol. The first-order valence-corrected chi connectivity index (χ1v) is 9.81. The van der Waals surface area contributed by atoms with Gasteiger partial charge >= 0.3 is 13.1 Å². The van der Waals surface area contributed by atoms with E-state index in [0.29, 0.717) is 16.6 Å². The van der Waals surface area contributed by atoms with Gasteiger partial charge in [-0.15, -0.1) is 0 Å². The summed E-state index contributed by atoms with van der Waals surface area (Å²) in [6.07, 6.45) is 0. The van der Waals surface area contributed by atoms with Gasteiger partial charge in [-0.3, -0.25) is 4.79 Å². The van der Waals surface area contributed by atoms with Crippen LogP contribution in [0.4, 0.5) is 4.39 Å². The molecule has 0 bridgehead atoms. The molecule has 0 saturated heterocycles. The highest BCUT2D eigenvalue weighted by molar-refractivity contribution is 6.62. The number of benzene rings is 2. The molecular formula is C22H25BFNO5. The molecule has 6 nitrogen and oxygen atoms in total. The van der Waals surface area contributed by atoms with E-state index in [1.165, 1.54) is 24.3 Å². The highest BCUT2D eigenvalue weighted by Gasteiger charge is 2.41. The Balaban J connectivity index is 1.69. The lowest BCUT2D eigenvalue weighted by molar-refractivity contribution is -0.148. The predicted octanol–water partition coefficient (Wildman–Crippen LogP) is 2.28. The van der Waals surface area contributed by atoms with Crippen LogP contribution < -0.4 is 10.8 Å². The minimum absolute atomic E-state index is 0.0182. The van der Waals surface area contributed by atoms with Gasteiger partial charge in [-0.1, -0.05) is 32.0 Å². The number of amides is 1. The molecule has 1 aliphatic heterocycles. The summed E-state index contributed by atoms with van der Waals surface area (Å²) in [6.45, 7) is 7.26. The third-order valence-electron chi connectivity index (χ3n) is 5.14. The van der Waals surface area contributed by atoms with Crippen molar-refractivity contribution in [2.24, 2.45) is 5.92 Å². The zero-order chi connectivity index (χ0) is 22.1. The third-order valence-corrected chi connectivity index (χ3v) is 5.14. The molecule has 0 fully saturated rings. The normalized spacial score (nSPS) is 15.6. The molecule has 0 radical (unpaired) electrons. The average Bonchev–Trinajstić information content (AvgIpc) is 2.93. The molecule has 3 rings (SSSR count). The van der Waals surface area contributed by atoms with Crippen LogP contribution in [-0.2, 0) is 26.4 Å². The Kier molecular flexibility index (Phi) is 6.29. The number of halogens is 1. The van der Waals surface area contributed by atoms with E-state index in [4.69, 9.17) is 9.39 Å². The highest BCUT2D eigenvalue weighted by atomic mass is 19.1. The van der Waals surface area contributed by atoms with E-state index in [2.05, 4.69) is 5.32 Å². The molecular weight excluding hydrogens is 388 g/mol. The van der Waals surface area contributed by atoms with Crippen molar-refractivity contribution in [3.63, 3.8) is 0 Å². The number of esters is 1. The van der Waals surface area contributed by atoms with Gasteiger partial charge in [0, 0.05) is 5.56 Å². The molecule has 158 valence electrons. The maximum absolute atomic E-state index is 13.0. The second-order valence-corrected chi connectivity index (χ2v) is 8.21. The summed E-state index contributed by atoms with van der Waals surface area (Å²) >= 11 is 0. The first-order chi connectivity index (χ1) is 14.1. The molecule has 2 aromatic rings. The van der Waals surface area contributed by atoms with Crippen molar-refractivity contribution in [1.29, 1.82) is 0 Å². The minimum Gasteiger partial charge on any atom is -0.459 e. The van der Waals surface area contributed by atoms with Crippen LogP contribution in [0, 0.1) is 11.7 Å². The van der Waals surface area contributed by atoms with Crippen LogP contribution in [0.1, 0.15) is 49.2 Å². The molecule has 1 unspecified atom stereocenters. The Hall–Kier alpha value is -2.71. The van der Waals surface area contributed by atoms with Crippen LogP contribution in [0.5, 0.6) is 0 Å². The maximum atomic E-state index is 13.0. The Morgan fingerprint density at radius 3 is 2.50 bits per heavy atom. The summed E-state index contributed by atoms with van der Waals surface area (Å²) in [4.78, 5) is 25.3. The zero-order valence-electron chi connectivity index (χ0n) is 17.4. The number of carbonyl (C=O) groups excluding carboxylic acids is 2. The summed E-state index contributed by atoms with van der Waals surface area (Å²) in [6, 6.07) is 9.75. The fourth-order valence-corrected chi connectivity index (χ4v) is 3.41. The van der Waals surface area contributed by atoms with Crippen molar-refractivity contribution in [2.75, 3.05) is 0 Å². The van der Waals surface area contributed by atoms with Crippen molar-refractivity contribution >= 4 is 24.5 Å². The van der Waals surface area contributed by atoms with Gasteiger partial charge in [0.15, 0.2) is 0 Å². The Bertz CT molecular complexity index is 945. The summed E-state index contributed by atoms with van der Waals surface area (Å²) in [5.41, 5.74) is 1.66. The summed E-state index contributed by atoms with van der Waals surface area (Å²) in [5.74, 6) is -1.61. The molecule has 2 aromatic carbocycles. The molecule has 8 heteroatoms. The average molecular weight is 413 g/mol. The number of hydrogen-bond acceptors (Lipinski definition) is 5. The van der Waals surface area contributed by atoms with Gasteiger partial charge in [0.1, 0.15) is 18.5 Å². The minimum atomic E-state index is -1.11. The molecule has 0 spiro atoms. The number of hydrogen-bond donors (Lipinski definition) is 2. The molecule has 0 saturated carbocycles. The van der Waals surface area contributed by atoms with Crippen LogP contribution in [-0.4, -0.2) is 30.1 Å². The Morgan fingerprint density at radius 2 is 1.87 bits per heavy atom. The molecule has 0 aliphatic carbocycles. The SMILES string of the molecule is CC(C)C(NC(=O)c1ccc2c(c1)B(O)OC2(C)C)C(=O)OCc1ccc(F)cc1. The number of nitrogens with one attached hydrogen (secondary N) is 1. The first-order valence-electron chi connectivity index (χ1n) is 9.81. The summed E-state index contributed by atoms with van der Waals surface area (Å²) < 4.78 is 23.8. The lowest BCUT2D eigenvalue weighted by Crippen LogP contribution is -2.45. The number of carbonyl (C=O) groups is 2. The molecule has 30 heavy (non-hydrogen) atoms. The lowest BCUT2D eigenvalue weighted by atomic mass is 9.77. The smallest absolute Gasteiger partial charge is 0.459 e. The van der Waals surface area contributed by atoms with E-state index in [9.17, 15) is 19.0 Å². The number of rotatable bonds is 6. The van der Waals surface area contributed by atoms with Crippen LogP contribution in [0.3, 0.4) is 0 Å². The predicted molar refractivity (Wildman–Crippen MR) is 110 cm³/mol. The van der Waals surface area contributed by atoms with Crippen molar-refractivity contribution in [3.05, 3.63) is 65.0 Å². The van der Waals surface area contributed by atoms with E-state index in [1.54, 1.807) is 32.0 Å². The molecule has 1 heterocycles. The van der Waals surface area contributed by atoms with Gasteiger partial charge in [-0.05, 0) is 60.6 Å². The van der Waals surface area contributed by atoms with E-state index < -0.39 is 30.6 Å². The Labute approximate surface area is 175 Å². The first kappa shape index (κ1) is 22.0. The number of ether oxygens (including phenoxy) is 1. The molecule has 1 aliphatic rings. The van der Waals surface area contributed by atoms with Gasteiger partial charge in [-0.25, -0.2) is 9.18 Å². The molecule has 1 amide bonds. The van der Waals surface area contributed by atoms with Crippen molar-refractivity contribution in [2.45, 2.75) is 45.9 Å². The van der Waals surface area contributed by atoms with Gasteiger partial charge in [0.2, 0.25) is 0 Å². The fraction of sp³-hybridized carbons (Fsp3) is 0.364. The van der Waals surface area contributed by atoms with Crippen molar-refractivity contribution in [1.82, 2.24) is 5.32 Å². The van der Waals surface area contributed by atoms with Crippen molar-refractivity contribution in [3.8, 4) is 0 Å². The van der Waals surface area contributed by atoms with Gasteiger partial charge in [0.05, 0.1) is 5.60 Å². The largest absolute Gasteiger partial charge is 0.492 e. The number of fused-ring (bicyclic) bond motifs is 1. The highest BCUT2D eigenvalue weighted by Crippen LogP contribution is 2.29. The van der Waals surface area contributed by atoms with Crippen LogP contribution in [0.25, 0.3) is 0 Å². The van der Waals surface area contributed by atoms with Gasteiger partial charge in [0.25, 0.3) is 5.91 Å². The quantitative estimate of drug-likeness (QED) is 0.561. The van der Waals surface area contributed by atoms with Crippen molar-refractivity contribution < 1.29 is 28.4 Å². The van der Waals surface area contributed by atoms with E-state index >= 15 is 0 Å². The van der Waals surface area contributed by atoms with Crippen LogP contribution >= 0.6 is 0 Å². The third kappa shape index (κ3) is 4.71. The molecule has 2 N–H and O–H groups in total. The second-order valence-electron chi connectivity index (χ2n) is 8.21. The van der Waals surface area contributed by atoms with Crippen LogP contribution in [0.2, 0.25) is 0 Å². The molecule has 1 atom stereocenters. The lowest BCUT2D eigenvalue weighted by Gasteiger charge is -2.21. The van der Waals surface area contributed by atoms with E-state index in [-0.39, 0.29) is 18.3 Å². The summed E-state index contributed by atoms with van der Waals surface area (Å²) in [7, 11) is -1.11. The Morgan fingerprint density at radius 1 is 1.20 bits per heavy atom. The van der Waals surface area contributed by atoms with Crippen LogP contribution in [0.15, 0.2) is 42.5 Å². The zero-order valence-corrected chi connectivity index (χ0v) is 17.4. The molecule has 0 aromatic heterocycles. The standard InChI is InChI=1S/C22H25BFNO5/c1-13(2)19(21(27)29-12-14-5-8-16(24)9-6-14)25-20(26)15-7-10-17-18(11-15)23(28)30-22(17,3)4/h5-11,13,19,28H,12H2,1-4H3,(H,25,26). The second kappa shape index (κ2) is 8.57. The van der Waals surface area contributed by atoms with Gasteiger partial charge < -0.3 is 19.7 Å². The van der Waals surface area contributed by atoms with Gasteiger partial charge in [-0.2, -0.15) is 0 Å². The summed E-state index contributed by atoms with van der Waals surface area (Å²) in [5, 5.41) is 12.8. The topological polar surface area (TPSA) is 84.9 Å². The fourth-order valence-electron chi connectivity index (χ4n) is 3.41. The van der Waals surface area contributed by atoms with E-state index in [0.717, 1.165) is 5.56 Å². The maximum Gasteiger partial charge on any atom is 0.492 e.